The lowest BCUT2D eigenvalue weighted by Gasteiger charge is -2.29. The van der Waals surface area contributed by atoms with Gasteiger partial charge in [0, 0.05) is 13.1 Å². The smallest absolute Gasteiger partial charge is 0.260 e. The van der Waals surface area contributed by atoms with Crippen LogP contribution < -0.4 is 4.74 Å². The largest absolute Gasteiger partial charge is 0.482 e. The number of para-hydroxylation sites is 1. The van der Waals surface area contributed by atoms with E-state index in [1.807, 2.05) is 6.07 Å². The van der Waals surface area contributed by atoms with Gasteiger partial charge in [0.2, 0.25) is 0 Å². The Morgan fingerprint density at radius 1 is 1.42 bits per heavy atom. The van der Waals surface area contributed by atoms with Gasteiger partial charge in [0.05, 0.1) is 11.7 Å². The van der Waals surface area contributed by atoms with Crippen molar-refractivity contribution >= 4 is 5.91 Å². The number of piperidine rings is 1. The zero-order valence-electron chi connectivity index (χ0n) is 10.6. The maximum atomic E-state index is 11.9. The van der Waals surface area contributed by atoms with E-state index in [0.717, 1.165) is 0 Å². The van der Waals surface area contributed by atoms with Crippen LogP contribution in [0.15, 0.2) is 24.3 Å². The second-order valence-corrected chi connectivity index (χ2v) is 4.51. The van der Waals surface area contributed by atoms with Crippen molar-refractivity contribution in [1.82, 2.24) is 4.90 Å². The van der Waals surface area contributed by atoms with Crippen LogP contribution in [0.3, 0.4) is 0 Å². The van der Waals surface area contributed by atoms with Crippen molar-refractivity contribution in [3.63, 3.8) is 0 Å². The number of benzene rings is 1. The van der Waals surface area contributed by atoms with E-state index in [0.29, 0.717) is 37.2 Å². The van der Waals surface area contributed by atoms with E-state index in [4.69, 9.17) is 10.00 Å². The number of amides is 1. The fraction of sp³-hybridized carbons (Fsp3) is 0.429. The number of ether oxygens (including phenoxy) is 1. The summed E-state index contributed by atoms with van der Waals surface area (Å²) in [7, 11) is 0. The van der Waals surface area contributed by atoms with Gasteiger partial charge < -0.3 is 14.7 Å². The molecule has 1 aliphatic rings. The van der Waals surface area contributed by atoms with Crippen molar-refractivity contribution in [2.45, 2.75) is 18.9 Å². The Kier molecular flexibility index (Phi) is 4.37. The number of nitrogens with zero attached hydrogens (tertiary/aromatic N) is 2. The Bertz CT molecular complexity index is 488. The van der Waals surface area contributed by atoms with Crippen LogP contribution in [0.2, 0.25) is 0 Å². The maximum Gasteiger partial charge on any atom is 0.260 e. The molecule has 1 aromatic carbocycles. The molecule has 0 aromatic heterocycles. The molecule has 1 amide bonds. The third-order valence-corrected chi connectivity index (χ3v) is 3.18. The minimum absolute atomic E-state index is 0.0746. The fourth-order valence-electron chi connectivity index (χ4n) is 2.03. The highest BCUT2D eigenvalue weighted by Crippen LogP contribution is 2.17. The SMILES string of the molecule is N#Cc1ccccc1OCC(=O)N1CCC(O)CC1. The first kappa shape index (κ1) is 13.4. The molecule has 0 spiro atoms. The van der Waals surface area contributed by atoms with Crippen LogP contribution in [0.25, 0.3) is 0 Å². The highest BCUT2D eigenvalue weighted by molar-refractivity contribution is 5.78. The number of hydrogen-bond acceptors (Lipinski definition) is 4. The summed E-state index contributed by atoms with van der Waals surface area (Å²) in [5.41, 5.74) is 0.421. The maximum absolute atomic E-state index is 11.9. The molecule has 1 saturated heterocycles. The summed E-state index contributed by atoms with van der Waals surface area (Å²) >= 11 is 0. The molecule has 1 N–H and O–H groups in total. The van der Waals surface area contributed by atoms with Gasteiger partial charge in [-0.25, -0.2) is 0 Å². The second kappa shape index (κ2) is 6.21. The van der Waals surface area contributed by atoms with Crippen molar-refractivity contribution in [2.75, 3.05) is 19.7 Å². The Labute approximate surface area is 112 Å². The molecular weight excluding hydrogens is 244 g/mol. The van der Waals surface area contributed by atoms with Gasteiger partial charge in [0.25, 0.3) is 5.91 Å². The van der Waals surface area contributed by atoms with Gasteiger partial charge in [0.15, 0.2) is 6.61 Å². The lowest BCUT2D eigenvalue weighted by molar-refractivity contribution is -0.135. The van der Waals surface area contributed by atoms with Crippen LogP contribution in [0.5, 0.6) is 5.75 Å². The number of rotatable bonds is 3. The highest BCUT2D eigenvalue weighted by Gasteiger charge is 2.21. The van der Waals surface area contributed by atoms with E-state index >= 15 is 0 Å². The topological polar surface area (TPSA) is 73.6 Å². The molecule has 0 atom stereocenters. The van der Waals surface area contributed by atoms with Crippen LogP contribution >= 0.6 is 0 Å². The monoisotopic (exact) mass is 260 g/mol. The quantitative estimate of drug-likeness (QED) is 0.877. The average Bonchev–Trinajstić information content (AvgIpc) is 2.45. The van der Waals surface area contributed by atoms with E-state index in [-0.39, 0.29) is 18.6 Å². The number of aliphatic hydroxyl groups excluding tert-OH is 1. The van der Waals surface area contributed by atoms with Gasteiger partial charge in [-0.15, -0.1) is 0 Å². The van der Waals surface area contributed by atoms with Gasteiger partial charge in [-0.1, -0.05) is 12.1 Å². The van der Waals surface area contributed by atoms with Gasteiger partial charge in [-0.3, -0.25) is 4.79 Å². The molecule has 5 nitrogen and oxygen atoms in total. The number of carbonyl (C=O) groups is 1. The van der Waals surface area contributed by atoms with Crippen molar-refractivity contribution < 1.29 is 14.6 Å². The predicted octanol–water partition coefficient (Wildman–Crippen LogP) is 0.920. The predicted molar refractivity (Wildman–Crippen MR) is 68.5 cm³/mol. The summed E-state index contributed by atoms with van der Waals surface area (Å²) < 4.78 is 5.39. The van der Waals surface area contributed by atoms with Crippen LogP contribution in [0, 0.1) is 11.3 Å². The number of aliphatic hydroxyl groups is 1. The van der Waals surface area contributed by atoms with E-state index in [2.05, 4.69) is 0 Å². The molecule has 5 heteroatoms. The molecule has 0 bridgehead atoms. The minimum atomic E-state index is -0.302. The van der Waals surface area contributed by atoms with Gasteiger partial charge in [-0.2, -0.15) is 5.26 Å². The average molecular weight is 260 g/mol. The normalized spacial score (nSPS) is 15.9. The first-order valence-corrected chi connectivity index (χ1v) is 6.28. The van der Waals surface area contributed by atoms with Gasteiger partial charge in [-0.05, 0) is 25.0 Å². The molecule has 0 saturated carbocycles. The number of carbonyl (C=O) groups excluding carboxylic acids is 1. The zero-order chi connectivity index (χ0) is 13.7. The number of likely N-dealkylation sites (tertiary alicyclic amines) is 1. The van der Waals surface area contributed by atoms with Crippen molar-refractivity contribution in [3.8, 4) is 11.8 Å². The van der Waals surface area contributed by atoms with E-state index in [9.17, 15) is 9.90 Å². The first-order valence-electron chi connectivity index (χ1n) is 6.28. The number of nitriles is 1. The van der Waals surface area contributed by atoms with Crippen LogP contribution in [0.1, 0.15) is 18.4 Å². The molecule has 0 aliphatic carbocycles. The van der Waals surface area contributed by atoms with Crippen molar-refractivity contribution in [3.05, 3.63) is 29.8 Å². The van der Waals surface area contributed by atoms with Crippen LogP contribution in [0.4, 0.5) is 0 Å². The van der Waals surface area contributed by atoms with Gasteiger partial charge in [0.1, 0.15) is 11.8 Å². The Balaban J connectivity index is 1.88. The molecule has 1 aromatic rings. The molecule has 1 heterocycles. The molecule has 100 valence electrons. The third kappa shape index (κ3) is 3.46. The van der Waals surface area contributed by atoms with E-state index < -0.39 is 0 Å². The van der Waals surface area contributed by atoms with E-state index in [1.165, 1.54) is 0 Å². The minimum Gasteiger partial charge on any atom is -0.482 e. The lowest BCUT2D eigenvalue weighted by atomic mass is 10.1. The summed E-state index contributed by atoms with van der Waals surface area (Å²) in [6, 6.07) is 8.86. The molecule has 19 heavy (non-hydrogen) atoms. The standard InChI is InChI=1S/C14H16N2O3/c15-9-11-3-1-2-4-13(11)19-10-14(18)16-7-5-12(17)6-8-16/h1-4,12,17H,5-8,10H2. The first-order chi connectivity index (χ1) is 9.20. The molecule has 2 rings (SSSR count). The summed E-state index contributed by atoms with van der Waals surface area (Å²) in [5, 5.41) is 18.3. The summed E-state index contributed by atoms with van der Waals surface area (Å²) in [6.07, 6.45) is 0.922. The third-order valence-electron chi connectivity index (χ3n) is 3.18. The van der Waals surface area contributed by atoms with Crippen molar-refractivity contribution in [2.24, 2.45) is 0 Å². The Morgan fingerprint density at radius 2 is 2.11 bits per heavy atom. The summed E-state index contributed by atoms with van der Waals surface area (Å²) in [4.78, 5) is 13.6. The Hall–Kier alpha value is -2.06. The second-order valence-electron chi connectivity index (χ2n) is 4.51. The molecule has 1 aliphatic heterocycles. The molecular formula is C14H16N2O3. The van der Waals surface area contributed by atoms with Crippen LogP contribution in [-0.2, 0) is 4.79 Å². The van der Waals surface area contributed by atoms with Crippen LogP contribution in [-0.4, -0.2) is 41.7 Å². The summed E-state index contributed by atoms with van der Waals surface area (Å²) in [6.45, 7) is 1.04. The number of hydrogen-bond donors (Lipinski definition) is 1. The lowest BCUT2D eigenvalue weighted by Crippen LogP contribution is -2.42. The molecule has 1 fully saturated rings. The molecule has 0 unspecified atom stereocenters. The zero-order valence-corrected chi connectivity index (χ0v) is 10.6. The molecule has 0 radical (unpaired) electrons. The van der Waals surface area contributed by atoms with Gasteiger partial charge >= 0.3 is 0 Å². The highest BCUT2D eigenvalue weighted by atomic mass is 16.5. The van der Waals surface area contributed by atoms with Crippen molar-refractivity contribution in [1.29, 1.82) is 5.26 Å². The fourth-order valence-corrected chi connectivity index (χ4v) is 2.03. The summed E-state index contributed by atoms with van der Waals surface area (Å²) in [5.74, 6) is 0.315. The Morgan fingerprint density at radius 3 is 2.79 bits per heavy atom. The van der Waals surface area contributed by atoms with E-state index in [1.54, 1.807) is 29.2 Å².